The molecule has 5 aromatic rings. The van der Waals surface area contributed by atoms with Crippen molar-refractivity contribution in [1.29, 1.82) is 0 Å². The van der Waals surface area contributed by atoms with Crippen molar-refractivity contribution in [1.82, 2.24) is 9.97 Å². The maximum atomic E-state index is 7.94. The van der Waals surface area contributed by atoms with E-state index in [1.54, 1.807) is 24.5 Å². The molecule has 0 bridgehead atoms. The van der Waals surface area contributed by atoms with Crippen LogP contribution in [0.25, 0.3) is 33.6 Å². The van der Waals surface area contributed by atoms with Crippen LogP contribution < -0.4 is 0 Å². The Balaban J connectivity index is 0.000000258. The third-order valence-electron chi connectivity index (χ3n) is 4.74. The summed E-state index contributed by atoms with van der Waals surface area (Å²) in [7, 11) is 0. The fourth-order valence-electron chi connectivity index (χ4n) is 3.16. The maximum Gasteiger partial charge on any atom is 0.0313 e. The van der Waals surface area contributed by atoms with Crippen LogP contribution in [0, 0.1) is 12.1 Å². The standard InChI is InChI=1S/C19H16N.C11H8N.Ir/c1-2-15-7-6-10-17(13-15)18-11-12-20-19(14-18)16-8-4-3-5-9-16;1-2-6-10(7-3-1)11-8-4-5-9-12-11;/h3-8,10-14H,2H2,1H3;1-6,8-9H;/q2*-1;/i1D3,2D2;;. The zero-order valence-electron chi connectivity index (χ0n) is 22.7. The van der Waals surface area contributed by atoms with E-state index in [0.717, 1.165) is 33.6 Å². The van der Waals surface area contributed by atoms with E-state index < -0.39 is 13.2 Å². The summed E-state index contributed by atoms with van der Waals surface area (Å²) in [4.78, 5) is 8.57. The molecule has 0 N–H and O–H groups in total. The Bertz CT molecular complexity index is 1390. The second-order valence-electron chi connectivity index (χ2n) is 6.90. The molecule has 33 heavy (non-hydrogen) atoms. The van der Waals surface area contributed by atoms with Crippen molar-refractivity contribution in [2.24, 2.45) is 0 Å². The van der Waals surface area contributed by atoms with E-state index in [-0.39, 0.29) is 25.7 Å². The third kappa shape index (κ3) is 6.79. The molecule has 165 valence electrons. The Morgan fingerprint density at radius 1 is 0.697 bits per heavy atom. The first-order valence-electron chi connectivity index (χ1n) is 12.7. The maximum absolute atomic E-state index is 7.94. The normalized spacial score (nSPS) is 12.9. The van der Waals surface area contributed by atoms with Crippen molar-refractivity contribution in [2.75, 3.05) is 0 Å². The average Bonchev–Trinajstić information content (AvgIpc) is 2.94. The van der Waals surface area contributed by atoms with Gasteiger partial charge in [-0.2, -0.15) is 0 Å². The van der Waals surface area contributed by atoms with E-state index in [1.165, 1.54) is 6.07 Å². The first-order valence-corrected chi connectivity index (χ1v) is 10.2. The Kier molecular flexibility index (Phi) is 6.90. The smallest absolute Gasteiger partial charge is 0.0313 e. The second kappa shape index (κ2) is 12.6. The van der Waals surface area contributed by atoms with Gasteiger partial charge in [-0.05, 0) is 46.6 Å². The summed E-state index contributed by atoms with van der Waals surface area (Å²) in [5.41, 5.74) is 5.34. The Morgan fingerprint density at radius 2 is 1.39 bits per heavy atom. The molecule has 0 saturated heterocycles. The molecule has 5 rings (SSSR count). The fourth-order valence-corrected chi connectivity index (χ4v) is 3.16. The molecular weight excluding hydrogens is 581 g/mol. The summed E-state index contributed by atoms with van der Waals surface area (Å²) in [5.74, 6) is 0. The summed E-state index contributed by atoms with van der Waals surface area (Å²) in [6, 6.07) is 37.7. The van der Waals surface area contributed by atoms with Crippen LogP contribution >= 0.6 is 0 Å². The van der Waals surface area contributed by atoms with Gasteiger partial charge in [-0.1, -0.05) is 49.3 Å². The van der Waals surface area contributed by atoms with E-state index in [4.69, 9.17) is 6.85 Å². The van der Waals surface area contributed by atoms with Gasteiger partial charge in [0.25, 0.3) is 0 Å². The van der Waals surface area contributed by atoms with E-state index in [0.29, 0.717) is 0 Å². The quantitative estimate of drug-likeness (QED) is 0.200. The van der Waals surface area contributed by atoms with Gasteiger partial charge in [0.15, 0.2) is 0 Å². The minimum atomic E-state index is -2.73. The van der Waals surface area contributed by atoms with Crippen LogP contribution in [-0.2, 0) is 26.5 Å². The van der Waals surface area contributed by atoms with Gasteiger partial charge in [0, 0.05) is 39.4 Å². The molecule has 0 fully saturated rings. The van der Waals surface area contributed by atoms with Crippen molar-refractivity contribution < 1.29 is 27.0 Å². The molecule has 2 aromatic heterocycles. The minimum absolute atomic E-state index is 0. The number of pyridine rings is 2. The molecule has 3 heteroatoms. The molecule has 0 aliphatic rings. The third-order valence-corrected chi connectivity index (χ3v) is 4.74. The molecule has 0 aliphatic heterocycles. The summed E-state index contributed by atoms with van der Waals surface area (Å²) >= 11 is 0. The molecule has 0 aliphatic carbocycles. The van der Waals surface area contributed by atoms with Crippen LogP contribution in [0.2, 0.25) is 0 Å². The molecule has 0 atom stereocenters. The van der Waals surface area contributed by atoms with Crippen LogP contribution in [-0.4, -0.2) is 9.97 Å². The monoisotopic (exact) mass is 610 g/mol. The summed E-state index contributed by atoms with van der Waals surface area (Å²) in [5, 5.41) is 0. The van der Waals surface area contributed by atoms with Crippen LogP contribution in [0.1, 0.15) is 19.3 Å². The fraction of sp³-hybridized carbons (Fsp3) is 0.0667. The zero-order chi connectivity index (χ0) is 26.3. The second-order valence-corrected chi connectivity index (χ2v) is 6.90. The van der Waals surface area contributed by atoms with Crippen molar-refractivity contribution in [3.8, 4) is 33.6 Å². The van der Waals surface area contributed by atoms with Crippen molar-refractivity contribution in [3.05, 3.63) is 133 Å². The van der Waals surface area contributed by atoms with Gasteiger partial charge >= 0.3 is 0 Å². The van der Waals surface area contributed by atoms with Gasteiger partial charge in [0.05, 0.1) is 0 Å². The number of hydrogen-bond acceptors (Lipinski definition) is 2. The Labute approximate surface area is 216 Å². The van der Waals surface area contributed by atoms with E-state index in [2.05, 4.69) is 22.1 Å². The van der Waals surface area contributed by atoms with Crippen LogP contribution in [0.4, 0.5) is 0 Å². The molecular formula is C30H24IrN2-2. The van der Waals surface area contributed by atoms with Crippen LogP contribution in [0.15, 0.2) is 116 Å². The minimum Gasteiger partial charge on any atom is -0.305 e. The number of hydrogen-bond donors (Lipinski definition) is 0. The van der Waals surface area contributed by atoms with Crippen LogP contribution in [0.3, 0.4) is 0 Å². The molecule has 2 nitrogen and oxygen atoms in total. The van der Waals surface area contributed by atoms with Crippen molar-refractivity contribution in [3.63, 3.8) is 0 Å². The van der Waals surface area contributed by atoms with Crippen molar-refractivity contribution >= 4 is 0 Å². The first-order chi connectivity index (χ1) is 17.8. The number of nitrogens with zero attached hydrogens (tertiary/aromatic N) is 2. The molecule has 0 unspecified atom stereocenters. The number of aryl methyl sites for hydroxylation is 1. The van der Waals surface area contributed by atoms with Crippen LogP contribution in [0.5, 0.6) is 0 Å². The van der Waals surface area contributed by atoms with Crippen molar-refractivity contribution in [2.45, 2.75) is 13.2 Å². The number of benzene rings is 3. The molecule has 2 heterocycles. The Morgan fingerprint density at radius 3 is 2.06 bits per heavy atom. The molecule has 1 radical (unpaired) electrons. The number of aromatic nitrogens is 2. The molecule has 0 amide bonds. The molecule has 3 aromatic carbocycles. The van der Waals surface area contributed by atoms with Gasteiger partial charge in [0.1, 0.15) is 0 Å². The molecule has 0 spiro atoms. The Hall–Kier alpha value is -3.39. The van der Waals surface area contributed by atoms with Gasteiger partial charge in [-0.15, -0.1) is 71.8 Å². The SMILES string of the molecule is [2H]C([2H])([2H])C([2H])([2H])c1cccc(-c2ccnc(-c3[c-]cccc3)c2)c1.[Ir].[c-]1ccccc1-c1ccccn1. The topological polar surface area (TPSA) is 25.8 Å². The van der Waals surface area contributed by atoms with Gasteiger partial charge in [-0.25, -0.2) is 0 Å². The predicted molar refractivity (Wildman–Crippen MR) is 132 cm³/mol. The summed E-state index contributed by atoms with van der Waals surface area (Å²) in [6.07, 6.45) is 1.05. The van der Waals surface area contributed by atoms with Gasteiger partial charge < -0.3 is 9.97 Å². The van der Waals surface area contributed by atoms with E-state index in [1.807, 2.05) is 84.9 Å². The van der Waals surface area contributed by atoms with Gasteiger partial charge in [0.2, 0.25) is 0 Å². The molecule has 0 saturated carbocycles. The largest absolute Gasteiger partial charge is 0.305 e. The zero-order valence-corrected chi connectivity index (χ0v) is 20.1. The van der Waals surface area contributed by atoms with E-state index in [9.17, 15) is 0 Å². The van der Waals surface area contributed by atoms with Gasteiger partial charge in [-0.3, -0.25) is 0 Å². The average molecular weight is 610 g/mol. The summed E-state index contributed by atoms with van der Waals surface area (Å²) in [6.45, 7) is -2.73. The number of rotatable bonds is 4. The van der Waals surface area contributed by atoms with E-state index >= 15 is 0 Å². The predicted octanol–water partition coefficient (Wildman–Crippen LogP) is 7.32. The first kappa shape index (κ1) is 18.1. The summed E-state index contributed by atoms with van der Waals surface area (Å²) < 4.78 is 38.2.